The van der Waals surface area contributed by atoms with Crippen molar-refractivity contribution >= 4 is 11.8 Å². The summed E-state index contributed by atoms with van der Waals surface area (Å²) in [5, 5.41) is 15.2. The van der Waals surface area contributed by atoms with Crippen LogP contribution in [0.5, 0.6) is 0 Å². The minimum Gasteiger partial charge on any atom is -0.388 e. The second kappa shape index (κ2) is 5.97. The van der Waals surface area contributed by atoms with Gasteiger partial charge < -0.3 is 20.6 Å². The van der Waals surface area contributed by atoms with Crippen molar-refractivity contribution in [3.05, 3.63) is 0 Å². The molecule has 1 aliphatic heterocycles. The quantitative estimate of drug-likeness (QED) is 0.573. The number of hydrogen-bond donors (Lipinski definition) is 3. The Bertz CT molecular complexity index is 286. The topological polar surface area (TPSA) is 81.7 Å². The lowest BCUT2D eigenvalue weighted by Crippen LogP contribution is -2.51. The first kappa shape index (κ1) is 13.9. The summed E-state index contributed by atoms with van der Waals surface area (Å²) in [6.07, 6.45) is 1.31. The van der Waals surface area contributed by atoms with Crippen LogP contribution in [0.25, 0.3) is 0 Å². The van der Waals surface area contributed by atoms with E-state index in [4.69, 9.17) is 0 Å². The van der Waals surface area contributed by atoms with E-state index in [0.717, 1.165) is 13.1 Å². The van der Waals surface area contributed by atoms with Gasteiger partial charge in [-0.1, -0.05) is 0 Å². The summed E-state index contributed by atoms with van der Waals surface area (Å²) < 4.78 is 0. The molecule has 6 heteroatoms. The molecule has 1 fully saturated rings. The van der Waals surface area contributed by atoms with Gasteiger partial charge in [0.05, 0.1) is 12.1 Å². The van der Waals surface area contributed by atoms with Crippen molar-refractivity contribution in [1.29, 1.82) is 0 Å². The van der Waals surface area contributed by atoms with Crippen LogP contribution in [-0.4, -0.2) is 60.6 Å². The van der Waals surface area contributed by atoms with Gasteiger partial charge in [-0.3, -0.25) is 9.59 Å². The van der Waals surface area contributed by atoms with Crippen molar-refractivity contribution in [3.63, 3.8) is 0 Å². The first-order chi connectivity index (χ1) is 7.91. The van der Waals surface area contributed by atoms with Gasteiger partial charge in [0, 0.05) is 26.6 Å². The highest BCUT2D eigenvalue weighted by Gasteiger charge is 2.31. The van der Waals surface area contributed by atoms with Crippen LogP contribution >= 0.6 is 0 Å². The normalized spacial score (nSPS) is 19.7. The lowest BCUT2D eigenvalue weighted by atomic mass is 9.91. The molecule has 6 nitrogen and oxygen atoms in total. The molecule has 1 saturated heterocycles. The van der Waals surface area contributed by atoms with Crippen LogP contribution in [-0.2, 0) is 9.59 Å². The Morgan fingerprint density at radius 1 is 1.29 bits per heavy atom. The first-order valence-electron chi connectivity index (χ1n) is 5.83. The second-order valence-corrected chi connectivity index (χ2v) is 4.71. The molecule has 2 amide bonds. The molecule has 17 heavy (non-hydrogen) atoms. The van der Waals surface area contributed by atoms with Crippen molar-refractivity contribution < 1.29 is 14.7 Å². The molecule has 1 heterocycles. The average Bonchev–Trinajstić information content (AvgIpc) is 2.28. The van der Waals surface area contributed by atoms with E-state index < -0.39 is 5.60 Å². The van der Waals surface area contributed by atoms with Crippen LogP contribution in [0.4, 0.5) is 0 Å². The first-order valence-corrected chi connectivity index (χ1v) is 5.83. The number of rotatable bonds is 4. The predicted molar refractivity (Wildman–Crippen MR) is 63.4 cm³/mol. The van der Waals surface area contributed by atoms with E-state index in [2.05, 4.69) is 15.5 Å². The standard InChI is InChI=1S/C11H21N3O3/c1-9(15)12-7-10(16)13-8-11(17)3-5-14(2)6-4-11/h17H,3-8H2,1-2H3,(H,12,15)(H,13,16). The van der Waals surface area contributed by atoms with Crippen molar-refractivity contribution in [2.45, 2.75) is 25.4 Å². The number of carbonyl (C=O) groups is 2. The molecule has 1 rings (SSSR count). The Morgan fingerprint density at radius 2 is 1.88 bits per heavy atom. The molecule has 0 spiro atoms. The maximum atomic E-state index is 11.3. The Kier molecular flexibility index (Phi) is 4.89. The van der Waals surface area contributed by atoms with Crippen LogP contribution in [0.15, 0.2) is 0 Å². The van der Waals surface area contributed by atoms with Gasteiger partial charge in [-0.05, 0) is 19.9 Å². The van der Waals surface area contributed by atoms with Crippen LogP contribution in [0, 0.1) is 0 Å². The van der Waals surface area contributed by atoms with Crippen molar-refractivity contribution in [1.82, 2.24) is 15.5 Å². The molecule has 0 bridgehead atoms. The summed E-state index contributed by atoms with van der Waals surface area (Å²) in [6, 6.07) is 0. The van der Waals surface area contributed by atoms with Crippen molar-refractivity contribution in [3.8, 4) is 0 Å². The fraction of sp³-hybridized carbons (Fsp3) is 0.818. The van der Waals surface area contributed by atoms with Crippen LogP contribution in [0.1, 0.15) is 19.8 Å². The molecule has 3 N–H and O–H groups in total. The molecule has 98 valence electrons. The summed E-state index contributed by atoms with van der Waals surface area (Å²) in [5.41, 5.74) is -0.807. The number of likely N-dealkylation sites (tertiary alicyclic amines) is 1. The van der Waals surface area contributed by atoms with Gasteiger partial charge in [-0.25, -0.2) is 0 Å². The number of piperidine rings is 1. The van der Waals surface area contributed by atoms with Crippen molar-refractivity contribution in [2.75, 3.05) is 33.2 Å². The highest BCUT2D eigenvalue weighted by molar-refractivity contribution is 5.83. The van der Waals surface area contributed by atoms with Crippen LogP contribution in [0.3, 0.4) is 0 Å². The summed E-state index contributed by atoms with van der Waals surface area (Å²) in [4.78, 5) is 24.1. The fourth-order valence-corrected chi connectivity index (χ4v) is 1.74. The van der Waals surface area contributed by atoms with E-state index in [0.29, 0.717) is 12.8 Å². The molecule has 0 aliphatic carbocycles. The summed E-state index contributed by atoms with van der Waals surface area (Å²) in [7, 11) is 2.01. The lowest BCUT2D eigenvalue weighted by molar-refractivity contribution is -0.126. The smallest absolute Gasteiger partial charge is 0.239 e. The molecule has 0 radical (unpaired) electrons. The number of nitrogens with one attached hydrogen (secondary N) is 2. The third kappa shape index (κ3) is 5.14. The number of carbonyl (C=O) groups excluding carboxylic acids is 2. The average molecular weight is 243 g/mol. The third-order valence-electron chi connectivity index (χ3n) is 3.03. The fourth-order valence-electron chi connectivity index (χ4n) is 1.74. The summed E-state index contributed by atoms with van der Waals surface area (Å²) in [5.74, 6) is -0.509. The maximum absolute atomic E-state index is 11.3. The molecule has 0 aromatic heterocycles. The third-order valence-corrected chi connectivity index (χ3v) is 3.03. The Balaban J connectivity index is 2.25. The van der Waals surface area contributed by atoms with E-state index >= 15 is 0 Å². The number of hydrogen-bond acceptors (Lipinski definition) is 4. The van der Waals surface area contributed by atoms with Gasteiger partial charge in [0.1, 0.15) is 0 Å². The minimum atomic E-state index is -0.807. The predicted octanol–water partition coefficient (Wildman–Crippen LogP) is -1.30. The van der Waals surface area contributed by atoms with E-state index in [-0.39, 0.29) is 24.9 Å². The van der Waals surface area contributed by atoms with E-state index in [9.17, 15) is 14.7 Å². The molecular formula is C11H21N3O3. The van der Waals surface area contributed by atoms with Gasteiger partial charge in [0.15, 0.2) is 0 Å². The molecule has 0 atom stereocenters. The molecule has 0 saturated carbocycles. The van der Waals surface area contributed by atoms with Gasteiger partial charge >= 0.3 is 0 Å². The number of nitrogens with zero attached hydrogens (tertiary/aromatic N) is 1. The lowest BCUT2D eigenvalue weighted by Gasteiger charge is -2.36. The zero-order valence-corrected chi connectivity index (χ0v) is 10.5. The number of amides is 2. The SMILES string of the molecule is CC(=O)NCC(=O)NCC1(O)CCN(C)CC1. The number of aliphatic hydroxyl groups is 1. The Labute approximate surface area is 101 Å². The van der Waals surface area contributed by atoms with E-state index in [1.165, 1.54) is 6.92 Å². The monoisotopic (exact) mass is 243 g/mol. The highest BCUT2D eigenvalue weighted by Crippen LogP contribution is 2.20. The van der Waals surface area contributed by atoms with Crippen LogP contribution in [0.2, 0.25) is 0 Å². The second-order valence-electron chi connectivity index (χ2n) is 4.71. The zero-order chi connectivity index (χ0) is 12.9. The van der Waals surface area contributed by atoms with Gasteiger partial charge in [0.2, 0.25) is 11.8 Å². The summed E-state index contributed by atoms with van der Waals surface area (Å²) >= 11 is 0. The molecular weight excluding hydrogens is 222 g/mol. The van der Waals surface area contributed by atoms with E-state index in [1.807, 2.05) is 7.05 Å². The molecule has 0 unspecified atom stereocenters. The van der Waals surface area contributed by atoms with E-state index in [1.54, 1.807) is 0 Å². The Hall–Kier alpha value is -1.14. The minimum absolute atomic E-state index is 0.0364. The van der Waals surface area contributed by atoms with Gasteiger partial charge in [0.25, 0.3) is 0 Å². The molecule has 0 aromatic carbocycles. The maximum Gasteiger partial charge on any atom is 0.239 e. The highest BCUT2D eigenvalue weighted by atomic mass is 16.3. The van der Waals surface area contributed by atoms with Crippen molar-refractivity contribution in [2.24, 2.45) is 0 Å². The summed E-state index contributed by atoms with van der Waals surface area (Å²) in [6.45, 7) is 3.23. The van der Waals surface area contributed by atoms with Gasteiger partial charge in [-0.2, -0.15) is 0 Å². The zero-order valence-electron chi connectivity index (χ0n) is 10.5. The largest absolute Gasteiger partial charge is 0.388 e. The Morgan fingerprint density at radius 3 is 2.41 bits per heavy atom. The molecule has 1 aliphatic rings. The van der Waals surface area contributed by atoms with Gasteiger partial charge in [-0.15, -0.1) is 0 Å². The molecule has 0 aromatic rings. The van der Waals surface area contributed by atoms with Crippen LogP contribution < -0.4 is 10.6 Å².